The summed E-state index contributed by atoms with van der Waals surface area (Å²) in [5, 5.41) is 11.2. The predicted octanol–water partition coefficient (Wildman–Crippen LogP) is 4.37. The molecular formula is C24H20BBrF2N6. The fourth-order valence-electron chi connectivity index (χ4n) is 3.52. The molecule has 34 heavy (non-hydrogen) atoms. The molecule has 1 aliphatic rings. The average Bonchev–Trinajstić information content (AvgIpc) is 3.54. The lowest BCUT2D eigenvalue weighted by molar-refractivity contribution is 0.625. The maximum Gasteiger partial charge on any atom is 0.168 e. The van der Waals surface area contributed by atoms with Crippen LogP contribution >= 0.6 is 15.9 Å². The van der Waals surface area contributed by atoms with Gasteiger partial charge in [-0.3, -0.25) is 4.99 Å². The molecule has 1 fully saturated rings. The predicted molar refractivity (Wildman–Crippen MR) is 134 cm³/mol. The number of nitrogens with one attached hydrogen (secondary N) is 2. The van der Waals surface area contributed by atoms with Crippen molar-refractivity contribution in [3.63, 3.8) is 0 Å². The molecule has 0 spiro atoms. The van der Waals surface area contributed by atoms with Crippen molar-refractivity contribution in [2.75, 3.05) is 10.6 Å². The van der Waals surface area contributed by atoms with Gasteiger partial charge in [0.25, 0.3) is 0 Å². The molecule has 4 aromatic rings. The molecule has 1 aliphatic carbocycles. The Morgan fingerprint density at radius 1 is 1.12 bits per heavy atom. The molecule has 5 rings (SSSR count). The molecular weight excluding hydrogens is 501 g/mol. The summed E-state index contributed by atoms with van der Waals surface area (Å²) in [5.74, 6) is 0.748. The van der Waals surface area contributed by atoms with Gasteiger partial charge < -0.3 is 10.6 Å². The van der Waals surface area contributed by atoms with E-state index in [1.165, 1.54) is 24.3 Å². The minimum atomic E-state index is -0.343. The Bertz CT molecular complexity index is 1390. The van der Waals surface area contributed by atoms with Crippen LogP contribution in [0.1, 0.15) is 29.5 Å². The van der Waals surface area contributed by atoms with Crippen molar-refractivity contribution in [3.8, 4) is 0 Å². The number of hydrogen-bond donors (Lipinski definition) is 2. The van der Waals surface area contributed by atoms with Gasteiger partial charge in [0.05, 0.1) is 18.3 Å². The van der Waals surface area contributed by atoms with E-state index in [2.05, 4.69) is 36.7 Å². The summed E-state index contributed by atoms with van der Waals surface area (Å²) in [4.78, 5) is 9.17. The molecule has 2 radical (unpaired) electrons. The highest BCUT2D eigenvalue weighted by Crippen LogP contribution is 2.27. The Balaban J connectivity index is 1.42. The first-order valence-electron chi connectivity index (χ1n) is 10.8. The Morgan fingerprint density at radius 3 is 2.68 bits per heavy atom. The molecule has 0 unspecified atom stereocenters. The van der Waals surface area contributed by atoms with Crippen LogP contribution in [-0.2, 0) is 13.1 Å². The number of halogens is 3. The second-order valence-corrected chi connectivity index (χ2v) is 9.04. The highest BCUT2D eigenvalue weighted by molar-refractivity contribution is 9.10. The summed E-state index contributed by atoms with van der Waals surface area (Å²) >= 11 is 3.42. The minimum Gasteiger partial charge on any atom is -0.367 e. The molecule has 0 atom stereocenters. The Labute approximate surface area is 205 Å². The quantitative estimate of drug-likeness (QED) is 0.267. The molecule has 1 saturated carbocycles. The molecule has 0 amide bonds. The number of fused-ring (bicyclic) bond motifs is 1. The largest absolute Gasteiger partial charge is 0.367 e. The lowest BCUT2D eigenvalue weighted by Crippen LogP contribution is -2.15. The van der Waals surface area contributed by atoms with Crippen LogP contribution in [0, 0.1) is 11.6 Å². The van der Waals surface area contributed by atoms with Crippen molar-refractivity contribution in [1.82, 2.24) is 14.6 Å². The maximum atomic E-state index is 13.6. The maximum absolute atomic E-state index is 13.6. The van der Waals surface area contributed by atoms with E-state index in [0.717, 1.165) is 34.3 Å². The lowest BCUT2D eigenvalue weighted by Gasteiger charge is -2.13. The van der Waals surface area contributed by atoms with Crippen LogP contribution in [0.15, 0.2) is 58.1 Å². The SMILES string of the molecule is [B]c1ccc(F)cc1CNc1cc(NC2CC2)n2ncc(C=NCc3cc(F)ccc3Br)c2n1. The summed E-state index contributed by atoms with van der Waals surface area (Å²) < 4.78 is 29.7. The normalized spacial score (nSPS) is 13.6. The highest BCUT2D eigenvalue weighted by atomic mass is 79.9. The van der Waals surface area contributed by atoms with Crippen molar-refractivity contribution < 1.29 is 8.78 Å². The van der Waals surface area contributed by atoms with Gasteiger partial charge in [0.2, 0.25) is 0 Å². The van der Waals surface area contributed by atoms with Gasteiger partial charge in [0.1, 0.15) is 31.1 Å². The zero-order valence-electron chi connectivity index (χ0n) is 18.1. The molecule has 6 nitrogen and oxygen atoms in total. The average molecular weight is 521 g/mol. The van der Waals surface area contributed by atoms with E-state index in [-0.39, 0.29) is 11.6 Å². The topological polar surface area (TPSA) is 66.6 Å². The monoisotopic (exact) mass is 520 g/mol. The smallest absolute Gasteiger partial charge is 0.168 e. The summed E-state index contributed by atoms with van der Waals surface area (Å²) in [6, 6.07) is 11.1. The first-order valence-corrected chi connectivity index (χ1v) is 11.6. The third kappa shape index (κ3) is 5.12. The van der Waals surface area contributed by atoms with Gasteiger partial charge in [-0.25, -0.2) is 13.8 Å². The van der Waals surface area contributed by atoms with E-state index in [0.29, 0.717) is 41.6 Å². The molecule has 0 aliphatic heterocycles. The van der Waals surface area contributed by atoms with Crippen LogP contribution in [0.4, 0.5) is 20.4 Å². The Hall–Kier alpha value is -3.27. The van der Waals surface area contributed by atoms with E-state index < -0.39 is 0 Å². The number of hydrogen-bond acceptors (Lipinski definition) is 5. The zero-order chi connectivity index (χ0) is 23.7. The molecule has 10 heteroatoms. The van der Waals surface area contributed by atoms with Crippen LogP contribution in [0.25, 0.3) is 5.65 Å². The Morgan fingerprint density at radius 2 is 1.88 bits per heavy atom. The minimum absolute atomic E-state index is 0.305. The van der Waals surface area contributed by atoms with Gasteiger partial charge in [-0.1, -0.05) is 27.5 Å². The summed E-state index contributed by atoms with van der Waals surface area (Å²) in [7, 11) is 5.98. The fourth-order valence-corrected chi connectivity index (χ4v) is 3.89. The molecule has 2 heterocycles. The number of anilines is 2. The van der Waals surface area contributed by atoms with Gasteiger partial charge in [-0.2, -0.15) is 9.61 Å². The molecule has 0 bridgehead atoms. The van der Waals surface area contributed by atoms with Crippen molar-refractivity contribution >= 4 is 52.7 Å². The second kappa shape index (κ2) is 9.54. The number of aromatic nitrogens is 3. The lowest BCUT2D eigenvalue weighted by atomic mass is 9.90. The zero-order valence-corrected chi connectivity index (χ0v) is 19.7. The van der Waals surface area contributed by atoms with Gasteiger partial charge in [-0.15, -0.1) is 0 Å². The van der Waals surface area contributed by atoms with Gasteiger partial charge in [0, 0.05) is 29.3 Å². The standard InChI is InChI=1S/C24H20BBrF2N6/c25-20-5-1-17(27)7-14(20)12-30-22-9-23(32-19-3-4-19)34-24(33-22)16(13-31-34)11-29-10-15-8-18(28)2-6-21(15)26/h1-2,5-9,11,13,19,32H,3-4,10,12H2,(H,30,33). The van der Waals surface area contributed by atoms with Crippen LogP contribution in [0.5, 0.6) is 0 Å². The van der Waals surface area contributed by atoms with Crippen molar-refractivity contribution in [1.29, 1.82) is 0 Å². The first kappa shape index (κ1) is 22.5. The van der Waals surface area contributed by atoms with Crippen molar-refractivity contribution in [2.45, 2.75) is 32.0 Å². The van der Waals surface area contributed by atoms with E-state index in [4.69, 9.17) is 12.8 Å². The number of rotatable bonds is 8. The van der Waals surface area contributed by atoms with E-state index >= 15 is 0 Å². The number of aliphatic imine (C=N–C) groups is 1. The molecule has 170 valence electrons. The molecule has 2 aromatic carbocycles. The van der Waals surface area contributed by atoms with Crippen LogP contribution in [0.2, 0.25) is 0 Å². The Kier molecular flexibility index (Phi) is 6.32. The van der Waals surface area contributed by atoms with Gasteiger partial charge in [-0.05, 0) is 54.3 Å². The molecule has 2 N–H and O–H groups in total. The number of nitrogens with zero attached hydrogens (tertiary/aromatic N) is 4. The third-order valence-electron chi connectivity index (χ3n) is 5.49. The van der Waals surface area contributed by atoms with Crippen molar-refractivity contribution in [2.24, 2.45) is 4.99 Å². The summed E-state index contributed by atoms with van der Waals surface area (Å²) in [6.07, 6.45) is 5.58. The van der Waals surface area contributed by atoms with Crippen LogP contribution in [-0.4, -0.2) is 34.7 Å². The third-order valence-corrected chi connectivity index (χ3v) is 6.27. The van der Waals surface area contributed by atoms with Gasteiger partial charge in [0.15, 0.2) is 5.65 Å². The van der Waals surface area contributed by atoms with Crippen molar-refractivity contribution in [3.05, 3.63) is 81.5 Å². The summed E-state index contributed by atoms with van der Waals surface area (Å²) in [5.41, 5.74) is 3.23. The first-order chi connectivity index (χ1) is 16.5. The molecule has 0 saturated heterocycles. The van der Waals surface area contributed by atoms with E-state index in [1.54, 1.807) is 29.1 Å². The number of benzene rings is 2. The highest BCUT2D eigenvalue weighted by Gasteiger charge is 2.23. The fraction of sp³-hybridized carbons (Fsp3) is 0.208. The van der Waals surface area contributed by atoms with Crippen LogP contribution < -0.4 is 16.1 Å². The van der Waals surface area contributed by atoms with Gasteiger partial charge >= 0.3 is 0 Å². The van der Waals surface area contributed by atoms with E-state index in [1.807, 2.05) is 6.07 Å². The van der Waals surface area contributed by atoms with E-state index in [9.17, 15) is 8.78 Å². The molecule has 2 aromatic heterocycles. The summed E-state index contributed by atoms with van der Waals surface area (Å²) in [6.45, 7) is 0.625. The second-order valence-electron chi connectivity index (χ2n) is 8.18. The van der Waals surface area contributed by atoms with Crippen LogP contribution in [0.3, 0.4) is 0 Å².